The van der Waals surface area contributed by atoms with Gasteiger partial charge in [-0.05, 0) is 36.8 Å². The standard InChI is InChI=1S/C22H16Cl2N2O3/c1-2-25-19-16-11-15(12-7-9-13(23)10-8-12)18(14-5-3-4-6-17(14)24)26-21(16)29-20(19)22(27)28/h3-11,25H,2H2,1H3,(H,27,28). The van der Waals surface area contributed by atoms with Crippen molar-refractivity contribution in [1.29, 1.82) is 0 Å². The Morgan fingerprint density at radius 2 is 1.83 bits per heavy atom. The Morgan fingerprint density at radius 3 is 2.48 bits per heavy atom. The molecule has 0 saturated carbocycles. The molecule has 0 spiro atoms. The summed E-state index contributed by atoms with van der Waals surface area (Å²) in [5.41, 5.74) is 3.62. The first-order valence-corrected chi connectivity index (χ1v) is 9.70. The topological polar surface area (TPSA) is 75.4 Å². The highest BCUT2D eigenvalue weighted by Gasteiger charge is 2.23. The summed E-state index contributed by atoms with van der Waals surface area (Å²) >= 11 is 12.5. The molecule has 0 aliphatic carbocycles. The second-order valence-electron chi connectivity index (χ2n) is 6.37. The van der Waals surface area contributed by atoms with Crippen LogP contribution < -0.4 is 5.32 Å². The van der Waals surface area contributed by atoms with Gasteiger partial charge in [0, 0.05) is 27.7 Å². The summed E-state index contributed by atoms with van der Waals surface area (Å²) in [5.74, 6) is -1.33. The molecule has 0 saturated heterocycles. The zero-order chi connectivity index (χ0) is 20.5. The van der Waals surface area contributed by atoms with Crippen LogP contribution in [0.1, 0.15) is 17.5 Å². The van der Waals surface area contributed by atoms with E-state index in [1.807, 2.05) is 43.3 Å². The number of nitrogens with one attached hydrogen (secondary N) is 1. The Morgan fingerprint density at radius 1 is 1.10 bits per heavy atom. The number of hydrogen-bond acceptors (Lipinski definition) is 4. The Kier molecular flexibility index (Phi) is 5.18. The lowest BCUT2D eigenvalue weighted by Gasteiger charge is -2.11. The van der Waals surface area contributed by atoms with Gasteiger partial charge in [0.2, 0.25) is 11.5 Å². The molecule has 0 radical (unpaired) electrons. The van der Waals surface area contributed by atoms with Gasteiger partial charge in [-0.2, -0.15) is 0 Å². The number of benzene rings is 2. The molecule has 2 aromatic heterocycles. The number of nitrogens with zero attached hydrogens (tertiary/aromatic N) is 1. The summed E-state index contributed by atoms with van der Waals surface area (Å²) in [7, 11) is 0. The van der Waals surface area contributed by atoms with E-state index < -0.39 is 5.97 Å². The van der Waals surface area contributed by atoms with Crippen molar-refractivity contribution in [3.63, 3.8) is 0 Å². The molecule has 0 aliphatic heterocycles. The molecule has 0 unspecified atom stereocenters. The zero-order valence-corrected chi connectivity index (χ0v) is 16.9. The van der Waals surface area contributed by atoms with E-state index in [-0.39, 0.29) is 11.5 Å². The second kappa shape index (κ2) is 7.78. The van der Waals surface area contributed by atoms with Crippen LogP contribution in [-0.4, -0.2) is 22.6 Å². The lowest BCUT2D eigenvalue weighted by molar-refractivity contribution is 0.0666. The number of halogens is 2. The third-order valence-corrected chi connectivity index (χ3v) is 5.10. The number of aromatic nitrogens is 1. The third-order valence-electron chi connectivity index (χ3n) is 4.51. The molecule has 2 N–H and O–H groups in total. The van der Waals surface area contributed by atoms with Crippen LogP contribution in [0.15, 0.2) is 59.0 Å². The van der Waals surface area contributed by atoms with Crippen LogP contribution in [0.3, 0.4) is 0 Å². The van der Waals surface area contributed by atoms with E-state index >= 15 is 0 Å². The third kappa shape index (κ3) is 3.55. The number of furan rings is 1. The highest BCUT2D eigenvalue weighted by molar-refractivity contribution is 6.33. The predicted molar refractivity (Wildman–Crippen MR) is 116 cm³/mol. The van der Waals surface area contributed by atoms with E-state index in [0.29, 0.717) is 33.4 Å². The van der Waals surface area contributed by atoms with Crippen molar-refractivity contribution in [1.82, 2.24) is 4.98 Å². The molecule has 29 heavy (non-hydrogen) atoms. The van der Waals surface area contributed by atoms with Crippen LogP contribution in [0.25, 0.3) is 33.5 Å². The minimum Gasteiger partial charge on any atom is -0.475 e. The van der Waals surface area contributed by atoms with Gasteiger partial charge in [-0.3, -0.25) is 0 Å². The van der Waals surface area contributed by atoms with Gasteiger partial charge in [-0.1, -0.05) is 53.5 Å². The first-order valence-electron chi connectivity index (χ1n) is 8.95. The zero-order valence-electron chi connectivity index (χ0n) is 15.4. The summed E-state index contributed by atoms with van der Waals surface area (Å²) < 4.78 is 5.59. The minimum atomic E-state index is -1.16. The molecule has 2 aromatic carbocycles. The van der Waals surface area contributed by atoms with Gasteiger partial charge in [0.25, 0.3) is 0 Å². The normalized spacial score (nSPS) is 11.0. The van der Waals surface area contributed by atoms with Crippen LogP contribution >= 0.6 is 23.2 Å². The van der Waals surface area contributed by atoms with Crippen LogP contribution in [0, 0.1) is 0 Å². The summed E-state index contributed by atoms with van der Waals surface area (Å²) in [4.78, 5) is 16.3. The molecule has 2 heterocycles. The fraction of sp³-hybridized carbons (Fsp3) is 0.0909. The number of pyridine rings is 1. The molecule has 146 valence electrons. The number of carboxylic acid groups (broad SMARTS) is 1. The molecular formula is C22H16Cl2N2O3. The first-order chi connectivity index (χ1) is 14.0. The van der Waals surface area contributed by atoms with Gasteiger partial charge in [0.15, 0.2) is 0 Å². The Labute approximate surface area is 176 Å². The fourth-order valence-corrected chi connectivity index (χ4v) is 3.59. The number of carboxylic acids is 1. The van der Waals surface area contributed by atoms with E-state index in [1.165, 1.54) is 0 Å². The number of hydrogen-bond donors (Lipinski definition) is 2. The maximum atomic E-state index is 11.7. The molecule has 0 bridgehead atoms. The number of aromatic carboxylic acids is 1. The SMILES string of the molecule is CCNc1c(C(=O)O)oc2nc(-c3ccccc3Cl)c(-c3ccc(Cl)cc3)cc12. The molecule has 0 amide bonds. The van der Waals surface area contributed by atoms with Crippen LogP contribution in [0.5, 0.6) is 0 Å². The molecule has 0 atom stereocenters. The smallest absolute Gasteiger partial charge is 0.374 e. The van der Waals surface area contributed by atoms with E-state index in [0.717, 1.165) is 16.7 Å². The monoisotopic (exact) mass is 426 g/mol. The summed E-state index contributed by atoms with van der Waals surface area (Å²) in [6.45, 7) is 2.42. The molecule has 4 rings (SSSR count). The lowest BCUT2D eigenvalue weighted by Crippen LogP contribution is -2.03. The van der Waals surface area contributed by atoms with Crippen LogP contribution in [-0.2, 0) is 0 Å². The highest BCUT2D eigenvalue weighted by Crippen LogP contribution is 2.40. The molecule has 4 aromatic rings. The van der Waals surface area contributed by atoms with Crippen molar-refractivity contribution >= 4 is 46.0 Å². The maximum Gasteiger partial charge on any atom is 0.374 e. The first kappa shape index (κ1) is 19.3. The van der Waals surface area contributed by atoms with E-state index in [1.54, 1.807) is 18.2 Å². The van der Waals surface area contributed by atoms with E-state index in [2.05, 4.69) is 10.3 Å². The van der Waals surface area contributed by atoms with E-state index in [9.17, 15) is 9.90 Å². The van der Waals surface area contributed by atoms with Crippen LogP contribution in [0.2, 0.25) is 10.0 Å². The number of anilines is 1. The van der Waals surface area contributed by atoms with Gasteiger partial charge >= 0.3 is 5.97 Å². The van der Waals surface area contributed by atoms with Gasteiger partial charge < -0.3 is 14.8 Å². The predicted octanol–water partition coefficient (Wildman–Crippen LogP) is 6.60. The summed E-state index contributed by atoms with van der Waals surface area (Å²) in [6.07, 6.45) is 0. The van der Waals surface area contributed by atoms with E-state index in [4.69, 9.17) is 27.6 Å². The van der Waals surface area contributed by atoms with Crippen molar-refractivity contribution in [2.75, 3.05) is 11.9 Å². The largest absolute Gasteiger partial charge is 0.475 e. The fourth-order valence-electron chi connectivity index (χ4n) is 3.23. The molecule has 0 fully saturated rings. The van der Waals surface area contributed by atoms with Crippen molar-refractivity contribution < 1.29 is 14.3 Å². The van der Waals surface area contributed by atoms with Crippen molar-refractivity contribution in [3.05, 3.63) is 70.4 Å². The number of rotatable bonds is 5. The van der Waals surface area contributed by atoms with Gasteiger partial charge in [-0.15, -0.1) is 0 Å². The van der Waals surface area contributed by atoms with Gasteiger partial charge in [0.1, 0.15) is 0 Å². The Hall–Kier alpha value is -3.02. The van der Waals surface area contributed by atoms with Crippen molar-refractivity contribution in [2.24, 2.45) is 0 Å². The minimum absolute atomic E-state index is 0.173. The Bertz CT molecular complexity index is 1220. The molecule has 5 nitrogen and oxygen atoms in total. The lowest BCUT2D eigenvalue weighted by atomic mass is 9.98. The molecular weight excluding hydrogens is 411 g/mol. The van der Waals surface area contributed by atoms with Gasteiger partial charge in [-0.25, -0.2) is 9.78 Å². The molecule has 0 aliphatic rings. The second-order valence-corrected chi connectivity index (χ2v) is 7.21. The number of fused-ring (bicyclic) bond motifs is 1. The highest BCUT2D eigenvalue weighted by atomic mass is 35.5. The molecule has 7 heteroatoms. The quantitative estimate of drug-likeness (QED) is 0.375. The van der Waals surface area contributed by atoms with Crippen LogP contribution in [0.4, 0.5) is 5.69 Å². The van der Waals surface area contributed by atoms with Gasteiger partial charge in [0.05, 0.1) is 16.8 Å². The van der Waals surface area contributed by atoms with Crippen molar-refractivity contribution in [3.8, 4) is 22.4 Å². The summed E-state index contributed by atoms with van der Waals surface area (Å²) in [6, 6.07) is 16.6. The summed E-state index contributed by atoms with van der Waals surface area (Å²) in [5, 5.41) is 14.4. The average molecular weight is 427 g/mol. The maximum absolute atomic E-state index is 11.7. The average Bonchev–Trinajstić information content (AvgIpc) is 3.06. The van der Waals surface area contributed by atoms with Crippen molar-refractivity contribution in [2.45, 2.75) is 6.92 Å². The Balaban J connectivity index is 2.07. The number of carbonyl (C=O) groups is 1.